The minimum absolute atomic E-state index is 0.391. The predicted molar refractivity (Wildman–Crippen MR) is 87.2 cm³/mol. The van der Waals surface area contributed by atoms with Crippen LogP contribution >= 0.6 is 12.2 Å². The average molecular weight is 292 g/mol. The normalized spacial score (nSPS) is 15.8. The fourth-order valence-corrected chi connectivity index (χ4v) is 3.22. The SMILES string of the molecule is COc1ccc(CN(C)CC2CCCC2)cc1C(N)=S. The fraction of sp³-hybridized carbons (Fsp3) is 0.562. The Morgan fingerprint density at radius 3 is 2.70 bits per heavy atom. The van der Waals surface area contributed by atoms with Crippen LogP contribution in [0.4, 0.5) is 0 Å². The van der Waals surface area contributed by atoms with Crippen molar-refractivity contribution < 1.29 is 4.74 Å². The monoisotopic (exact) mass is 292 g/mol. The Morgan fingerprint density at radius 1 is 1.40 bits per heavy atom. The van der Waals surface area contributed by atoms with Crippen molar-refractivity contribution >= 4 is 17.2 Å². The van der Waals surface area contributed by atoms with E-state index < -0.39 is 0 Å². The summed E-state index contributed by atoms with van der Waals surface area (Å²) < 4.78 is 5.29. The van der Waals surface area contributed by atoms with E-state index in [0.717, 1.165) is 23.8 Å². The number of hydrogen-bond donors (Lipinski definition) is 1. The van der Waals surface area contributed by atoms with Crippen LogP contribution in [0.25, 0.3) is 0 Å². The third-order valence-corrected chi connectivity index (χ3v) is 4.25. The highest BCUT2D eigenvalue weighted by molar-refractivity contribution is 7.80. The van der Waals surface area contributed by atoms with Crippen LogP contribution in [0.15, 0.2) is 18.2 Å². The molecule has 1 aliphatic carbocycles. The first-order valence-electron chi connectivity index (χ1n) is 7.25. The van der Waals surface area contributed by atoms with Crippen LogP contribution in [-0.4, -0.2) is 30.6 Å². The Kier molecular flexibility index (Phi) is 5.38. The van der Waals surface area contributed by atoms with Crippen molar-refractivity contribution in [2.24, 2.45) is 11.7 Å². The van der Waals surface area contributed by atoms with Gasteiger partial charge in [0.15, 0.2) is 0 Å². The molecule has 0 amide bonds. The van der Waals surface area contributed by atoms with Gasteiger partial charge in [-0.15, -0.1) is 0 Å². The zero-order valence-electron chi connectivity index (χ0n) is 12.4. The molecule has 4 heteroatoms. The molecule has 0 aromatic heterocycles. The molecule has 0 spiro atoms. The molecule has 1 aromatic rings. The van der Waals surface area contributed by atoms with Crippen molar-refractivity contribution in [3.05, 3.63) is 29.3 Å². The molecule has 2 rings (SSSR count). The number of rotatable bonds is 6. The van der Waals surface area contributed by atoms with Gasteiger partial charge in [-0.1, -0.05) is 31.1 Å². The van der Waals surface area contributed by atoms with E-state index in [1.54, 1.807) is 7.11 Å². The van der Waals surface area contributed by atoms with E-state index in [4.69, 9.17) is 22.7 Å². The molecule has 0 heterocycles. The number of hydrogen-bond acceptors (Lipinski definition) is 3. The summed E-state index contributed by atoms with van der Waals surface area (Å²) in [7, 11) is 3.83. The lowest BCUT2D eigenvalue weighted by atomic mass is 10.1. The van der Waals surface area contributed by atoms with Crippen LogP contribution in [0, 0.1) is 5.92 Å². The molecule has 0 saturated heterocycles. The van der Waals surface area contributed by atoms with Crippen LogP contribution in [0.3, 0.4) is 0 Å². The van der Waals surface area contributed by atoms with Crippen molar-refractivity contribution in [2.45, 2.75) is 32.2 Å². The van der Waals surface area contributed by atoms with Crippen molar-refractivity contribution in [3.8, 4) is 5.75 Å². The minimum Gasteiger partial charge on any atom is -0.496 e. The van der Waals surface area contributed by atoms with E-state index in [-0.39, 0.29) is 0 Å². The Bertz CT molecular complexity index is 470. The third kappa shape index (κ3) is 3.93. The number of thiocarbonyl (C=S) groups is 1. The summed E-state index contributed by atoms with van der Waals surface area (Å²) in [5, 5.41) is 0. The molecule has 110 valence electrons. The number of methoxy groups -OCH3 is 1. The van der Waals surface area contributed by atoms with Gasteiger partial charge < -0.3 is 15.4 Å². The second-order valence-electron chi connectivity index (χ2n) is 5.75. The summed E-state index contributed by atoms with van der Waals surface area (Å²) in [5.41, 5.74) is 7.82. The molecule has 0 aliphatic heterocycles. The molecule has 0 unspecified atom stereocenters. The van der Waals surface area contributed by atoms with E-state index in [0.29, 0.717) is 4.99 Å². The van der Waals surface area contributed by atoms with Crippen molar-refractivity contribution in [3.63, 3.8) is 0 Å². The lowest BCUT2D eigenvalue weighted by Crippen LogP contribution is -2.24. The fourth-order valence-electron chi connectivity index (χ4n) is 3.06. The van der Waals surface area contributed by atoms with Gasteiger partial charge in [0, 0.05) is 13.1 Å². The summed E-state index contributed by atoms with van der Waals surface area (Å²) in [6.45, 7) is 2.10. The Hall–Kier alpha value is -1.13. The number of benzene rings is 1. The predicted octanol–water partition coefficient (Wildman–Crippen LogP) is 2.95. The zero-order chi connectivity index (χ0) is 14.5. The second-order valence-corrected chi connectivity index (χ2v) is 6.19. The lowest BCUT2D eigenvalue weighted by molar-refractivity contribution is 0.271. The van der Waals surface area contributed by atoms with E-state index >= 15 is 0 Å². The summed E-state index contributed by atoms with van der Waals surface area (Å²) in [4.78, 5) is 2.78. The third-order valence-electron chi connectivity index (χ3n) is 4.03. The topological polar surface area (TPSA) is 38.5 Å². The summed E-state index contributed by atoms with van der Waals surface area (Å²) >= 11 is 5.09. The zero-order valence-corrected chi connectivity index (χ0v) is 13.2. The molecule has 2 N–H and O–H groups in total. The molecular weight excluding hydrogens is 268 g/mol. The van der Waals surface area contributed by atoms with Crippen molar-refractivity contribution in [1.29, 1.82) is 0 Å². The molecule has 0 atom stereocenters. The smallest absolute Gasteiger partial charge is 0.129 e. The van der Waals surface area contributed by atoms with Gasteiger partial charge in [0.25, 0.3) is 0 Å². The Morgan fingerprint density at radius 2 is 2.10 bits per heavy atom. The van der Waals surface area contributed by atoms with E-state index in [1.165, 1.54) is 37.8 Å². The first-order chi connectivity index (χ1) is 9.60. The molecule has 1 fully saturated rings. The van der Waals surface area contributed by atoms with E-state index in [1.807, 2.05) is 12.1 Å². The number of ether oxygens (including phenoxy) is 1. The van der Waals surface area contributed by atoms with Gasteiger partial charge in [-0.05, 0) is 43.5 Å². The maximum Gasteiger partial charge on any atom is 0.129 e. The van der Waals surface area contributed by atoms with Gasteiger partial charge in [0.2, 0.25) is 0 Å². The first kappa shape index (κ1) is 15.3. The highest BCUT2D eigenvalue weighted by atomic mass is 32.1. The maximum atomic E-state index is 5.76. The minimum atomic E-state index is 0.391. The Labute approximate surface area is 127 Å². The standard InChI is InChI=1S/C16H24N2OS/c1-18(10-12-5-3-4-6-12)11-13-7-8-15(19-2)14(9-13)16(17)20/h7-9,12H,3-6,10-11H2,1-2H3,(H2,17,20). The molecule has 3 nitrogen and oxygen atoms in total. The van der Waals surface area contributed by atoms with Crippen LogP contribution < -0.4 is 10.5 Å². The summed E-state index contributed by atoms with van der Waals surface area (Å²) in [5.74, 6) is 1.62. The summed E-state index contributed by atoms with van der Waals surface area (Å²) in [6, 6.07) is 6.09. The Balaban J connectivity index is 2.01. The van der Waals surface area contributed by atoms with Crippen LogP contribution in [0.1, 0.15) is 36.8 Å². The molecule has 1 aromatic carbocycles. The van der Waals surface area contributed by atoms with Crippen molar-refractivity contribution in [2.75, 3.05) is 20.7 Å². The summed E-state index contributed by atoms with van der Waals surface area (Å²) in [6.07, 6.45) is 5.55. The molecular formula is C16H24N2OS. The first-order valence-corrected chi connectivity index (χ1v) is 7.66. The lowest BCUT2D eigenvalue weighted by Gasteiger charge is -2.21. The molecule has 1 aliphatic rings. The second kappa shape index (κ2) is 7.04. The molecule has 1 saturated carbocycles. The van der Waals surface area contributed by atoms with Gasteiger partial charge >= 0.3 is 0 Å². The molecule has 0 bridgehead atoms. The highest BCUT2D eigenvalue weighted by Gasteiger charge is 2.17. The van der Waals surface area contributed by atoms with Crippen LogP contribution in [0.2, 0.25) is 0 Å². The van der Waals surface area contributed by atoms with Gasteiger partial charge in [-0.3, -0.25) is 0 Å². The largest absolute Gasteiger partial charge is 0.496 e. The van der Waals surface area contributed by atoms with Gasteiger partial charge in [0.1, 0.15) is 10.7 Å². The molecule has 20 heavy (non-hydrogen) atoms. The van der Waals surface area contributed by atoms with Crippen LogP contribution in [0.5, 0.6) is 5.75 Å². The maximum absolute atomic E-state index is 5.76. The highest BCUT2D eigenvalue weighted by Crippen LogP contribution is 2.26. The quantitative estimate of drug-likeness (QED) is 0.818. The van der Waals surface area contributed by atoms with Gasteiger partial charge in [0.05, 0.1) is 12.7 Å². The van der Waals surface area contributed by atoms with Gasteiger partial charge in [-0.25, -0.2) is 0 Å². The van der Waals surface area contributed by atoms with Gasteiger partial charge in [-0.2, -0.15) is 0 Å². The van der Waals surface area contributed by atoms with Crippen LogP contribution in [-0.2, 0) is 6.54 Å². The van der Waals surface area contributed by atoms with Crippen molar-refractivity contribution in [1.82, 2.24) is 4.90 Å². The molecule has 0 radical (unpaired) electrons. The van der Waals surface area contributed by atoms with E-state index in [2.05, 4.69) is 18.0 Å². The van der Waals surface area contributed by atoms with E-state index in [9.17, 15) is 0 Å². The number of nitrogens with two attached hydrogens (primary N) is 1. The number of nitrogens with zero attached hydrogens (tertiary/aromatic N) is 1. The average Bonchev–Trinajstić information content (AvgIpc) is 2.91.